The molecule has 184 valence electrons. The van der Waals surface area contributed by atoms with Crippen molar-refractivity contribution in [2.45, 2.75) is 28.0 Å². The van der Waals surface area contributed by atoms with Gasteiger partial charge in [-0.1, -0.05) is 40.9 Å². The number of thioether (sulfide) groups is 1. The minimum absolute atomic E-state index is 0.00361. The predicted octanol–water partition coefficient (Wildman–Crippen LogP) is 1.88. The standard InChI is InChI=1S/C19H17Cl3N2O8S2/c1-9(25)31-6-10-7-34-16-19(17(30)32-8-18(20,21)22,15(29)24(16)13(10)14(27)28)23-12(26)5-11-3-2-4-33-11/h2-4,16H,5-8H2,1H3,(H,23,26)(H,27,28)/t16-,19+/m1/s1. The van der Waals surface area contributed by atoms with Crippen LogP contribution in [-0.4, -0.2) is 73.4 Å². The fraction of sp³-hybridized carbons (Fsp3) is 0.421. The lowest BCUT2D eigenvalue weighted by atomic mass is 9.85. The van der Waals surface area contributed by atoms with Gasteiger partial charge in [0, 0.05) is 23.1 Å². The van der Waals surface area contributed by atoms with E-state index in [1.807, 2.05) is 0 Å². The van der Waals surface area contributed by atoms with Gasteiger partial charge >= 0.3 is 17.9 Å². The average molecular weight is 572 g/mol. The number of rotatable bonds is 8. The van der Waals surface area contributed by atoms with Crippen LogP contribution in [-0.2, 0) is 39.9 Å². The number of carboxylic acid groups (broad SMARTS) is 1. The Morgan fingerprint density at radius 2 is 2.00 bits per heavy atom. The molecule has 1 fully saturated rings. The molecule has 1 aromatic heterocycles. The molecule has 10 nitrogen and oxygen atoms in total. The van der Waals surface area contributed by atoms with Crippen molar-refractivity contribution in [2.24, 2.45) is 0 Å². The number of halogens is 3. The molecule has 1 saturated heterocycles. The van der Waals surface area contributed by atoms with Gasteiger partial charge < -0.3 is 19.9 Å². The molecular weight excluding hydrogens is 555 g/mol. The average Bonchev–Trinajstić information content (AvgIpc) is 3.25. The van der Waals surface area contributed by atoms with Crippen LogP contribution in [0.5, 0.6) is 0 Å². The molecule has 0 radical (unpaired) electrons. The number of aliphatic carboxylic acids is 1. The molecule has 2 amide bonds. The van der Waals surface area contributed by atoms with Gasteiger partial charge in [0.1, 0.15) is 24.3 Å². The Hall–Kier alpha value is -1.99. The molecule has 0 spiro atoms. The molecule has 34 heavy (non-hydrogen) atoms. The number of hydrogen-bond donors (Lipinski definition) is 2. The number of carbonyl (C=O) groups is 5. The molecule has 2 aliphatic heterocycles. The molecule has 2 aliphatic rings. The Morgan fingerprint density at radius 3 is 2.56 bits per heavy atom. The molecule has 0 saturated carbocycles. The predicted molar refractivity (Wildman–Crippen MR) is 125 cm³/mol. The molecule has 1 aromatic rings. The number of ether oxygens (including phenoxy) is 2. The fourth-order valence-electron chi connectivity index (χ4n) is 3.37. The van der Waals surface area contributed by atoms with Crippen molar-refractivity contribution >= 4 is 87.6 Å². The lowest BCUT2D eigenvalue weighted by Crippen LogP contribution is -2.83. The highest BCUT2D eigenvalue weighted by molar-refractivity contribution is 8.00. The largest absolute Gasteiger partial charge is 0.477 e. The number of β-lactam (4-membered cyclic amide) rings is 1. The SMILES string of the molecule is CC(=O)OCC1=C(C(=O)O)N2C(=O)[C@@](NC(=O)Cc3cccs3)(C(=O)OCC(Cl)(Cl)Cl)[C@H]2SC1. The minimum Gasteiger partial charge on any atom is -0.477 e. The first-order valence-electron chi connectivity index (χ1n) is 9.48. The van der Waals surface area contributed by atoms with Gasteiger partial charge in [0.05, 0.1) is 6.42 Å². The molecule has 0 aliphatic carbocycles. The molecule has 2 N–H and O–H groups in total. The van der Waals surface area contributed by atoms with E-state index in [4.69, 9.17) is 44.3 Å². The molecule has 3 heterocycles. The number of fused-ring (bicyclic) bond motifs is 1. The third-order valence-corrected chi connectivity index (χ3v) is 7.34. The van der Waals surface area contributed by atoms with Crippen LogP contribution in [0.1, 0.15) is 11.8 Å². The molecule has 15 heteroatoms. The van der Waals surface area contributed by atoms with Gasteiger partial charge in [0.15, 0.2) is 0 Å². The normalized spacial score (nSPS) is 21.9. The van der Waals surface area contributed by atoms with Crippen molar-refractivity contribution in [1.29, 1.82) is 0 Å². The summed E-state index contributed by atoms with van der Waals surface area (Å²) in [5.41, 5.74) is -2.51. The van der Waals surface area contributed by atoms with Crippen LogP contribution in [0.3, 0.4) is 0 Å². The summed E-state index contributed by atoms with van der Waals surface area (Å²) in [5, 5.41) is 12.8. The summed E-state index contributed by atoms with van der Waals surface area (Å²) in [5.74, 6) is -4.97. The van der Waals surface area contributed by atoms with Crippen LogP contribution in [0.4, 0.5) is 0 Å². The van der Waals surface area contributed by atoms with E-state index in [0.29, 0.717) is 4.88 Å². The van der Waals surface area contributed by atoms with E-state index in [1.165, 1.54) is 11.3 Å². The summed E-state index contributed by atoms with van der Waals surface area (Å²) >= 11 is 19.2. The van der Waals surface area contributed by atoms with Crippen molar-refractivity contribution in [2.75, 3.05) is 19.0 Å². The van der Waals surface area contributed by atoms with Gasteiger partial charge in [-0.2, -0.15) is 0 Å². The number of nitrogens with zero attached hydrogens (tertiary/aromatic N) is 1. The second-order valence-electron chi connectivity index (χ2n) is 7.18. The number of amides is 2. The highest BCUT2D eigenvalue weighted by Crippen LogP contribution is 2.47. The number of carboxylic acids is 1. The smallest absolute Gasteiger partial charge is 0.352 e. The van der Waals surface area contributed by atoms with E-state index in [0.717, 1.165) is 23.6 Å². The molecule has 0 unspecified atom stereocenters. The van der Waals surface area contributed by atoms with Gasteiger partial charge in [-0.05, 0) is 11.4 Å². The Bertz CT molecular complexity index is 1060. The summed E-state index contributed by atoms with van der Waals surface area (Å²) in [6.45, 7) is 0.0995. The third-order valence-electron chi connectivity index (χ3n) is 4.74. The zero-order valence-corrected chi connectivity index (χ0v) is 21.2. The van der Waals surface area contributed by atoms with Gasteiger partial charge in [-0.3, -0.25) is 19.3 Å². The van der Waals surface area contributed by atoms with E-state index in [2.05, 4.69) is 5.32 Å². The fourth-order valence-corrected chi connectivity index (χ4v) is 5.67. The third kappa shape index (κ3) is 5.46. The van der Waals surface area contributed by atoms with Crippen LogP contribution >= 0.6 is 57.9 Å². The van der Waals surface area contributed by atoms with Gasteiger partial charge in [0.2, 0.25) is 15.2 Å². The number of thiophene rings is 1. The Labute approximate surface area is 216 Å². The minimum atomic E-state index is -2.23. The zero-order valence-electron chi connectivity index (χ0n) is 17.3. The molecular formula is C19H17Cl3N2O8S2. The highest BCUT2D eigenvalue weighted by Gasteiger charge is 2.71. The summed E-state index contributed by atoms with van der Waals surface area (Å²) in [7, 11) is 0. The Balaban J connectivity index is 1.93. The first-order valence-corrected chi connectivity index (χ1v) is 12.5. The Morgan fingerprint density at radius 1 is 1.29 bits per heavy atom. The number of alkyl halides is 3. The van der Waals surface area contributed by atoms with Gasteiger partial charge in [-0.25, -0.2) is 9.59 Å². The van der Waals surface area contributed by atoms with Crippen molar-refractivity contribution in [3.8, 4) is 0 Å². The van der Waals surface area contributed by atoms with Crippen LogP contribution in [0.25, 0.3) is 0 Å². The quantitative estimate of drug-likeness (QED) is 0.207. The number of carbonyl (C=O) groups excluding carboxylic acids is 4. The molecule has 0 aromatic carbocycles. The summed E-state index contributed by atoms with van der Waals surface area (Å²) < 4.78 is 7.94. The van der Waals surface area contributed by atoms with Crippen LogP contribution in [0, 0.1) is 0 Å². The van der Waals surface area contributed by atoms with Gasteiger partial charge in [0.25, 0.3) is 5.91 Å². The first-order chi connectivity index (χ1) is 15.9. The molecule has 3 rings (SSSR count). The van der Waals surface area contributed by atoms with Crippen LogP contribution < -0.4 is 5.32 Å². The number of esters is 2. The highest BCUT2D eigenvalue weighted by atomic mass is 35.6. The van der Waals surface area contributed by atoms with Gasteiger partial charge in [-0.15, -0.1) is 23.1 Å². The van der Waals surface area contributed by atoms with Crippen LogP contribution in [0.15, 0.2) is 28.8 Å². The second kappa shape index (κ2) is 10.3. The van der Waals surface area contributed by atoms with E-state index in [1.54, 1.807) is 17.5 Å². The maximum atomic E-state index is 13.3. The van der Waals surface area contributed by atoms with E-state index in [-0.39, 0.29) is 24.4 Å². The zero-order chi connectivity index (χ0) is 25.3. The number of hydrogen-bond acceptors (Lipinski definition) is 9. The molecule has 2 atom stereocenters. The van der Waals surface area contributed by atoms with Crippen LogP contribution in [0.2, 0.25) is 0 Å². The first kappa shape index (κ1) is 26.6. The van der Waals surface area contributed by atoms with E-state index >= 15 is 0 Å². The maximum Gasteiger partial charge on any atom is 0.352 e. The summed E-state index contributed by atoms with van der Waals surface area (Å²) in [6, 6.07) is 3.44. The lowest BCUT2D eigenvalue weighted by molar-refractivity contribution is -0.175. The number of nitrogens with one attached hydrogen (secondary N) is 1. The lowest BCUT2D eigenvalue weighted by Gasteiger charge is -2.55. The van der Waals surface area contributed by atoms with Crippen molar-refractivity contribution in [1.82, 2.24) is 10.2 Å². The van der Waals surface area contributed by atoms with Crippen molar-refractivity contribution in [3.05, 3.63) is 33.7 Å². The van der Waals surface area contributed by atoms with Crippen molar-refractivity contribution in [3.63, 3.8) is 0 Å². The van der Waals surface area contributed by atoms with E-state index < -0.39 is 56.7 Å². The maximum absolute atomic E-state index is 13.3. The van der Waals surface area contributed by atoms with E-state index in [9.17, 15) is 29.1 Å². The second-order valence-corrected chi connectivity index (χ2v) is 11.8. The monoisotopic (exact) mass is 570 g/mol. The van der Waals surface area contributed by atoms with Crippen molar-refractivity contribution < 1.29 is 38.6 Å². The summed E-state index contributed by atoms with van der Waals surface area (Å²) in [6.07, 6.45) is -0.124. The Kier molecular flexibility index (Phi) is 8.08. The summed E-state index contributed by atoms with van der Waals surface area (Å²) in [4.78, 5) is 63.8. The topological polar surface area (TPSA) is 139 Å². The molecule has 0 bridgehead atoms.